The lowest BCUT2D eigenvalue weighted by Crippen LogP contribution is -2.51. The third kappa shape index (κ3) is 3.92. The maximum absolute atomic E-state index is 13.8. The molecule has 0 saturated carbocycles. The predicted octanol–water partition coefficient (Wildman–Crippen LogP) is 2.19. The third-order valence-corrected chi connectivity index (χ3v) is 5.49. The lowest BCUT2D eigenvalue weighted by molar-refractivity contribution is -0.143. The fourth-order valence-corrected chi connectivity index (χ4v) is 4.20. The summed E-state index contributed by atoms with van der Waals surface area (Å²) in [5, 5.41) is 2.91. The van der Waals surface area contributed by atoms with Gasteiger partial charge >= 0.3 is 0 Å². The summed E-state index contributed by atoms with van der Waals surface area (Å²) in [6, 6.07) is 4.21. The van der Waals surface area contributed by atoms with Gasteiger partial charge in [-0.05, 0) is 18.4 Å². The van der Waals surface area contributed by atoms with E-state index < -0.39 is 18.0 Å². The number of hydrogen-bond acceptors (Lipinski definition) is 4. The van der Waals surface area contributed by atoms with Gasteiger partial charge in [-0.15, -0.1) is 11.8 Å². The number of halogens is 1. The molecule has 1 N–H and O–H groups in total. The van der Waals surface area contributed by atoms with E-state index in [1.165, 1.54) is 6.07 Å². The minimum absolute atomic E-state index is 0.124. The first kappa shape index (κ1) is 18.0. The minimum Gasteiger partial charge on any atom is -0.477 e. The Morgan fingerprint density at radius 1 is 1.44 bits per heavy atom. The number of ether oxygens (including phenoxy) is 1. The van der Waals surface area contributed by atoms with E-state index in [1.54, 1.807) is 28.8 Å². The van der Waals surface area contributed by atoms with Crippen molar-refractivity contribution in [3.05, 3.63) is 29.6 Å². The molecule has 0 spiro atoms. The lowest BCUT2D eigenvalue weighted by atomic mass is 10.1. The lowest BCUT2D eigenvalue weighted by Gasteiger charge is -2.25. The summed E-state index contributed by atoms with van der Waals surface area (Å²) >= 11 is 1.55. The van der Waals surface area contributed by atoms with Crippen molar-refractivity contribution in [2.24, 2.45) is 5.92 Å². The molecule has 1 saturated heterocycles. The fraction of sp³-hybridized carbons (Fsp3) is 0.556. The number of amides is 2. The van der Waals surface area contributed by atoms with Crippen LogP contribution in [0.25, 0.3) is 0 Å². The molecule has 2 heterocycles. The largest absolute Gasteiger partial charge is 0.477 e. The van der Waals surface area contributed by atoms with Crippen LogP contribution in [0.15, 0.2) is 18.2 Å². The summed E-state index contributed by atoms with van der Waals surface area (Å²) in [4.78, 5) is 26.8. The maximum Gasteiger partial charge on any atom is 0.265 e. The van der Waals surface area contributed by atoms with Crippen LogP contribution in [0, 0.1) is 11.7 Å². The summed E-state index contributed by atoms with van der Waals surface area (Å²) in [6.07, 6.45) is 0.492. The Morgan fingerprint density at radius 3 is 2.96 bits per heavy atom. The van der Waals surface area contributed by atoms with Gasteiger partial charge in [0.15, 0.2) is 17.7 Å². The summed E-state index contributed by atoms with van der Waals surface area (Å²) in [6.45, 7) is 4.81. The summed E-state index contributed by atoms with van der Waals surface area (Å²) in [5.41, 5.74) is 0.697. The quantitative estimate of drug-likeness (QED) is 0.868. The number of nitrogens with zero attached hydrogens (tertiary/aromatic N) is 1. The van der Waals surface area contributed by atoms with Crippen LogP contribution in [0.4, 0.5) is 4.39 Å². The smallest absolute Gasteiger partial charge is 0.265 e. The summed E-state index contributed by atoms with van der Waals surface area (Å²) in [5.74, 6) is 0.881. The number of benzene rings is 1. The van der Waals surface area contributed by atoms with E-state index in [9.17, 15) is 14.0 Å². The number of para-hydroxylation sites is 1. The number of hydrogen-bond donors (Lipinski definition) is 1. The third-order valence-electron chi connectivity index (χ3n) is 4.48. The molecule has 2 amide bonds. The first-order valence-corrected chi connectivity index (χ1v) is 9.73. The molecule has 1 aromatic carbocycles. The van der Waals surface area contributed by atoms with Gasteiger partial charge < -0.3 is 15.0 Å². The van der Waals surface area contributed by atoms with Crippen LogP contribution in [0.3, 0.4) is 0 Å². The Labute approximate surface area is 151 Å². The van der Waals surface area contributed by atoms with Crippen LogP contribution >= 0.6 is 11.8 Å². The van der Waals surface area contributed by atoms with Crippen LogP contribution in [-0.4, -0.2) is 47.0 Å². The van der Waals surface area contributed by atoms with Crippen molar-refractivity contribution < 1.29 is 18.7 Å². The molecule has 136 valence electrons. The van der Waals surface area contributed by atoms with E-state index in [0.29, 0.717) is 36.1 Å². The summed E-state index contributed by atoms with van der Waals surface area (Å²) < 4.78 is 19.3. The number of rotatable bonds is 5. The molecule has 2 aliphatic heterocycles. The second-order valence-electron chi connectivity index (χ2n) is 6.84. The Hall–Kier alpha value is -1.76. The maximum atomic E-state index is 13.8. The fourth-order valence-electron chi connectivity index (χ4n) is 3.03. The first-order chi connectivity index (χ1) is 12.0. The van der Waals surface area contributed by atoms with Gasteiger partial charge in [-0.3, -0.25) is 9.59 Å². The highest BCUT2D eigenvalue weighted by Gasteiger charge is 2.41. The van der Waals surface area contributed by atoms with Gasteiger partial charge in [-0.1, -0.05) is 26.0 Å². The number of nitrogens with one attached hydrogen (secondary N) is 1. The van der Waals surface area contributed by atoms with Gasteiger partial charge in [0, 0.05) is 24.3 Å². The number of thioether (sulfide) groups is 1. The zero-order chi connectivity index (χ0) is 18.0. The van der Waals surface area contributed by atoms with E-state index in [4.69, 9.17) is 4.74 Å². The van der Waals surface area contributed by atoms with Gasteiger partial charge in [-0.2, -0.15) is 0 Å². The zero-order valence-electron chi connectivity index (χ0n) is 14.5. The average molecular weight is 366 g/mol. The normalized spacial score (nSPS) is 22.0. The standard InChI is InChI=1S/C18H23FN2O3S/c1-11(2)6-7-20-17(22)14-9-25-10-21(14)18(23)15-8-12-4-3-5-13(19)16(12)24-15/h3-5,11,14-15H,6-10H2,1-2H3,(H,20,22)/t14-,15+/m0/s1. The van der Waals surface area contributed by atoms with Crippen LogP contribution in [0.2, 0.25) is 0 Å². The molecule has 1 aromatic rings. The predicted molar refractivity (Wildman–Crippen MR) is 94.9 cm³/mol. The molecule has 1 fully saturated rings. The van der Waals surface area contributed by atoms with Gasteiger partial charge in [-0.25, -0.2) is 4.39 Å². The Bertz CT molecular complexity index is 668. The van der Waals surface area contributed by atoms with Crippen LogP contribution in [0.1, 0.15) is 25.8 Å². The number of carbonyl (C=O) groups is 2. The molecule has 5 nitrogen and oxygen atoms in total. The van der Waals surface area contributed by atoms with Crippen molar-refractivity contribution >= 4 is 23.6 Å². The van der Waals surface area contributed by atoms with Crippen LogP contribution in [0.5, 0.6) is 5.75 Å². The van der Waals surface area contributed by atoms with E-state index in [-0.39, 0.29) is 17.6 Å². The Morgan fingerprint density at radius 2 is 2.24 bits per heavy atom. The molecule has 25 heavy (non-hydrogen) atoms. The highest BCUT2D eigenvalue weighted by atomic mass is 32.2. The number of fused-ring (bicyclic) bond motifs is 1. The molecule has 0 bridgehead atoms. The second-order valence-corrected chi connectivity index (χ2v) is 7.84. The van der Waals surface area contributed by atoms with Gasteiger partial charge in [0.25, 0.3) is 5.91 Å². The molecular formula is C18H23FN2O3S. The van der Waals surface area contributed by atoms with Crippen molar-refractivity contribution in [2.45, 2.75) is 38.8 Å². The molecule has 0 aliphatic carbocycles. The summed E-state index contributed by atoms with van der Waals surface area (Å²) in [7, 11) is 0. The van der Waals surface area contributed by atoms with E-state index >= 15 is 0 Å². The Balaban J connectivity index is 1.62. The van der Waals surface area contributed by atoms with Crippen molar-refractivity contribution in [3.8, 4) is 5.75 Å². The molecule has 2 aliphatic rings. The van der Waals surface area contributed by atoms with Crippen molar-refractivity contribution in [1.82, 2.24) is 10.2 Å². The van der Waals surface area contributed by atoms with Crippen molar-refractivity contribution in [1.29, 1.82) is 0 Å². The topological polar surface area (TPSA) is 58.6 Å². The van der Waals surface area contributed by atoms with Gasteiger partial charge in [0.1, 0.15) is 6.04 Å². The molecule has 0 aromatic heterocycles. The van der Waals surface area contributed by atoms with Crippen molar-refractivity contribution in [2.75, 3.05) is 18.2 Å². The molecule has 0 unspecified atom stereocenters. The average Bonchev–Trinajstić information content (AvgIpc) is 3.21. The van der Waals surface area contributed by atoms with E-state index in [0.717, 1.165) is 6.42 Å². The van der Waals surface area contributed by atoms with Crippen LogP contribution < -0.4 is 10.1 Å². The number of carbonyl (C=O) groups excluding carboxylic acids is 2. The van der Waals surface area contributed by atoms with E-state index in [2.05, 4.69) is 19.2 Å². The molecule has 7 heteroatoms. The zero-order valence-corrected chi connectivity index (χ0v) is 15.3. The monoisotopic (exact) mass is 366 g/mol. The molecule has 0 radical (unpaired) electrons. The van der Waals surface area contributed by atoms with Gasteiger partial charge in [0.05, 0.1) is 5.88 Å². The highest BCUT2D eigenvalue weighted by molar-refractivity contribution is 7.99. The first-order valence-electron chi connectivity index (χ1n) is 8.57. The van der Waals surface area contributed by atoms with Crippen molar-refractivity contribution in [3.63, 3.8) is 0 Å². The SMILES string of the molecule is CC(C)CCNC(=O)[C@@H]1CSCN1C(=O)[C@H]1Cc2cccc(F)c2O1. The van der Waals surface area contributed by atoms with E-state index in [1.807, 2.05) is 0 Å². The van der Waals surface area contributed by atoms with Gasteiger partial charge in [0.2, 0.25) is 5.91 Å². The Kier molecular flexibility index (Phi) is 5.51. The highest BCUT2D eigenvalue weighted by Crippen LogP contribution is 2.33. The minimum atomic E-state index is -0.753. The van der Waals surface area contributed by atoms with Crippen LogP contribution in [-0.2, 0) is 16.0 Å². The molecule has 2 atom stereocenters. The molecular weight excluding hydrogens is 343 g/mol. The molecule has 3 rings (SSSR count). The second kappa shape index (κ2) is 7.64.